The first kappa shape index (κ1) is 37.6. The first-order valence-corrected chi connectivity index (χ1v) is 17.9. The first-order valence-electron chi connectivity index (χ1n) is 15.5. The van der Waals surface area contributed by atoms with Crippen LogP contribution in [-0.2, 0) is 47.6 Å². The Hall–Kier alpha value is -3.22. The van der Waals surface area contributed by atoms with E-state index < -0.39 is 39.8 Å². The van der Waals surface area contributed by atoms with Gasteiger partial charge in [-0.05, 0) is 37.6 Å². The maximum atomic E-state index is 13.2. The fourth-order valence-electron chi connectivity index (χ4n) is 4.77. The quantitative estimate of drug-likeness (QED) is 0.0815. The highest BCUT2D eigenvalue weighted by Crippen LogP contribution is 2.34. The van der Waals surface area contributed by atoms with Crippen molar-refractivity contribution in [1.29, 1.82) is 0 Å². The molecule has 1 atom stereocenters. The number of ether oxygens (including phenoxy) is 5. The third kappa shape index (κ3) is 10.9. The number of piperidine rings is 1. The van der Waals surface area contributed by atoms with Crippen molar-refractivity contribution < 1.29 is 55.5 Å². The average Bonchev–Trinajstić information content (AvgIpc) is 3.32. The number of nitrogens with zero attached hydrogens (tertiary/aromatic N) is 1. The van der Waals surface area contributed by atoms with Crippen LogP contribution in [0.4, 0.5) is 0 Å². The van der Waals surface area contributed by atoms with E-state index in [0.29, 0.717) is 70.1 Å². The Morgan fingerprint density at radius 2 is 1.31 bits per heavy atom. The number of aryl methyl sites for hydroxylation is 1. The van der Waals surface area contributed by atoms with Crippen molar-refractivity contribution in [2.45, 2.75) is 35.6 Å². The summed E-state index contributed by atoms with van der Waals surface area (Å²) in [5.41, 5.74) is 1.48. The molecule has 1 saturated heterocycles. The molecule has 2 heterocycles. The zero-order valence-electron chi connectivity index (χ0n) is 26.7. The summed E-state index contributed by atoms with van der Waals surface area (Å²) in [4.78, 5) is 51.6. The molecule has 48 heavy (non-hydrogen) atoms. The van der Waals surface area contributed by atoms with Crippen LogP contribution in [0.3, 0.4) is 0 Å². The highest BCUT2D eigenvalue weighted by Gasteiger charge is 2.45. The van der Waals surface area contributed by atoms with Crippen LogP contribution in [0.5, 0.6) is 0 Å². The lowest BCUT2D eigenvalue weighted by Gasteiger charge is -2.27. The summed E-state index contributed by atoms with van der Waals surface area (Å²) < 4.78 is 56.5. The van der Waals surface area contributed by atoms with Gasteiger partial charge in [0.25, 0.3) is 21.9 Å². The van der Waals surface area contributed by atoms with Crippen molar-refractivity contribution in [2.24, 2.45) is 0 Å². The van der Waals surface area contributed by atoms with Gasteiger partial charge in [-0.25, -0.2) is 0 Å². The SMILES string of the molecule is Cc1ccc(S(=O)(=O)OCCOCCOCCOCCOCCOCCSc2cccc3c2C(=O)N(C2CCC(=O)NC2=O)C3=O)cc1. The van der Waals surface area contributed by atoms with Gasteiger partial charge in [0.15, 0.2) is 0 Å². The smallest absolute Gasteiger partial charge is 0.297 e. The Morgan fingerprint density at radius 1 is 0.750 bits per heavy atom. The van der Waals surface area contributed by atoms with Gasteiger partial charge >= 0.3 is 0 Å². The number of fused-ring (bicyclic) bond motifs is 1. The number of hydrogen-bond acceptors (Lipinski definition) is 13. The molecule has 0 radical (unpaired) electrons. The second-order valence-electron chi connectivity index (χ2n) is 10.6. The second kappa shape index (κ2) is 19.1. The minimum Gasteiger partial charge on any atom is -0.378 e. The molecule has 2 aliphatic heterocycles. The van der Waals surface area contributed by atoms with Crippen molar-refractivity contribution in [2.75, 3.05) is 78.4 Å². The van der Waals surface area contributed by atoms with Crippen LogP contribution in [0.15, 0.2) is 52.3 Å². The zero-order chi connectivity index (χ0) is 34.4. The van der Waals surface area contributed by atoms with Crippen LogP contribution < -0.4 is 5.32 Å². The monoisotopic (exact) mass is 708 g/mol. The molecule has 16 heteroatoms. The maximum absolute atomic E-state index is 13.2. The molecule has 14 nitrogen and oxygen atoms in total. The van der Waals surface area contributed by atoms with Crippen molar-refractivity contribution >= 4 is 45.5 Å². The Labute approximate surface area is 283 Å². The largest absolute Gasteiger partial charge is 0.378 e. The van der Waals surface area contributed by atoms with Crippen LogP contribution in [0.1, 0.15) is 39.1 Å². The van der Waals surface area contributed by atoms with E-state index in [1.54, 1.807) is 30.3 Å². The summed E-state index contributed by atoms with van der Waals surface area (Å²) in [5, 5.41) is 2.20. The van der Waals surface area contributed by atoms with Gasteiger partial charge in [0.05, 0.1) is 88.7 Å². The topological polar surface area (TPSA) is 173 Å². The van der Waals surface area contributed by atoms with E-state index in [1.165, 1.54) is 23.9 Å². The third-order valence-corrected chi connectivity index (χ3v) is 9.53. The molecule has 4 rings (SSSR count). The molecule has 0 aliphatic carbocycles. The van der Waals surface area contributed by atoms with Crippen molar-refractivity contribution in [3.8, 4) is 0 Å². The second-order valence-corrected chi connectivity index (χ2v) is 13.4. The Balaban J connectivity index is 0.957. The van der Waals surface area contributed by atoms with Gasteiger partial charge in [-0.3, -0.25) is 33.6 Å². The highest BCUT2D eigenvalue weighted by atomic mass is 32.2. The van der Waals surface area contributed by atoms with Gasteiger partial charge in [-0.2, -0.15) is 8.42 Å². The number of amides is 4. The fourth-order valence-corrected chi connectivity index (χ4v) is 6.60. The number of imide groups is 2. The lowest BCUT2D eigenvalue weighted by Crippen LogP contribution is -2.54. The summed E-state index contributed by atoms with van der Waals surface area (Å²) in [7, 11) is -3.80. The summed E-state index contributed by atoms with van der Waals surface area (Å²) in [6.07, 6.45) is 0.178. The lowest BCUT2D eigenvalue weighted by atomic mass is 10.0. The number of nitrogens with one attached hydrogen (secondary N) is 1. The molecule has 2 aliphatic rings. The Kier molecular flexibility index (Phi) is 15.0. The summed E-state index contributed by atoms with van der Waals surface area (Å²) in [6.45, 7) is 5.24. The lowest BCUT2D eigenvalue weighted by molar-refractivity contribution is -0.136. The van der Waals surface area contributed by atoms with Crippen LogP contribution in [0.2, 0.25) is 0 Å². The van der Waals surface area contributed by atoms with E-state index in [9.17, 15) is 27.6 Å². The number of carbonyl (C=O) groups excluding carboxylic acids is 4. The van der Waals surface area contributed by atoms with Crippen LogP contribution in [0.25, 0.3) is 0 Å². The van der Waals surface area contributed by atoms with Crippen molar-refractivity contribution in [3.63, 3.8) is 0 Å². The van der Waals surface area contributed by atoms with Gasteiger partial charge in [0.1, 0.15) is 6.04 Å². The number of hydrogen-bond donors (Lipinski definition) is 1. The van der Waals surface area contributed by atoms with E-state index >= 15 is 0 Å². The van der Waals surface area contributed by atoms with E-state index in [-0.39, 0.29) is 42.1 Å². The minimum absolute atomic E-state index is 0.0686. The molecule has 2 aromatic rings. The van der Waals surface area contributed by atoms with Crippen LogP contribution >= 0.6 is 11.8 Å². The van der Waals surface area contributed by atoms with Crippen LogP contribution in [-0.4, -0.2) is 121 Å². The maximum Gasteiger partial charge on any atom is 0.297 e. The molecule has 1 fully saturated rings. The first-order chi connectivity index (χ1) is 23.2. The molecular weight excluding hydrogens is 668 g/mol. The zero-order valence-corrected chi connectivity index (χ0v) is 28.3. The van der Waals surface area contributed by atoms with E-state index in [2.05, 4.69) is 5.32 Å². The number of carbonyl (C=O) groups is 4. The Bertz CT molecular complexity index is 1520. The third-order valence-electron chi connectivity index (χ3n) is 7.18. The van der Waals surface area contributed by atoms with E-state index in [0.717, 1.165) is 10.5 Å². The molecule has 1 unspecified atom stereocenters. The molecule has 0 spiro atoms. The molecule has 1 N–H and O–H groups in total. The predicted molar refractivity (Wildman–Crippen MR) is 172 cm³/mol. The van der Waals surface area contributed by atoms with Crippen molar-refractivity contribution in [3.05, 3.63) is 59.2 Å². The number of rotatable bonds is 22. The molecule has 0 saturated carbocycles. The van der Waals surface area contributed by atoms with Gasteiger partial charge in [0.2, 0.25) is 11.8 Å². The normalized spacial score (nSPS) is 16.4. The minimum atomic E-state index is -3.80. The standard InChI is InChI=1S/C32H40N2O12S2/c1-23-5-7-24(8-6-23)48(39,40)46-20-19-44-16-15-42-12-11-41-13-14-43-17-18-45-21-22-47-27-4-2-3-25-29(27)32(38)34(31(25)37)26-9-10-28(35)33-30(26)36/h2-8,26H,9-22H2,1H3,(H,33,35,36). The number of thioether (sulfide) groups is 1. The predicted octanol–water partition coefficient (Wildman–Crippen LogP) is 1.98. The molecule has 0 aromatic heterocycles. The molecule has 2 aromatic carbocycles. The highest BCUT2D eigenvalue weighted by molar-refractivity contribution is 7.99. The fraction of sp³-hybridized carbons (Fsp3) is 0.500. The molecule has 4 amide bonds. The van der Waals surface area contributed by atoms with Gasteiger partial charge in [-0.1, -0.05) is 23.8 Å². The molecular formula is C32H40N2O12S2. The van der Waals surface area contributed by atoms with Gasteiger partial charge in [-0.15, -0.1) is 11.8 Å². The summed E-state index contributed by atoms with van der Waals surface area (Å²) >= 11 is 1.38. The summed E-state index contributed by atoms with van der Waals surface area (Å²) in [5.74, 6) is -1.58. The molecule has 262 valence electrons. The molecule has 0 bridgehead atoms. The number of benzene rings is 2. The average molecular weight is 709 g/mol. The van der Waals surface area contributed by atoms with E-state index in [1.807, 2.05) is 6.92 Å². The Morgan fingerprint density at radius 3 is 1.90 bits per heavy atom. The summed E-state index contributed by atoms with van der Waals surface area (Å²) in [6, 6.07) is 10.4. The van der Waals surface area contributed by atoms with Crippen LogP contribution in [0, 0.1) is 6.92 Å². The van der Waals surface area contributed by atoms with Gasteiger partial charge in [0, 0.05) is 17.1 Å². The van der Waals surface area contributed by atoms with Crippen molar-refractivity contribution in [1.82, 2.24) is 10.2 Å². The van der Waals surface area contributed by atoms with E-state index in [4.69, 9.17) is 27.9 Å². The van der Waals surface area contributed by atoms with Gasteiger partial charge < -0.3 is 23.7 Å².